The van der Waals surface area contributed by atoms with Crippen LogP contribution in [-0.4, -0.2) is 53.5 Å². The predicted molar refractivity (Wildman–Crippen MR) is 112 cm³/mol. The van der Waals surface area contributed by atoms with Crippen molar-refractivity contribution in [3.8, 4) is 5.75 Å². The van der Waals surface area contributed by atoms with Crippen LogP contribution in [0.4, 0.5) is 0 Å². The Kier molecular flexibility index (Phi) is 5.97. The number of benzene rings is 1. The number of hydrogen-bond acceptors (Lipinski definition) is 5. The van der Waals surface area contributed by atoms with Gasteiger partial charge in [0, 0.05) is 31.1 Å². The van der Waals surface area contributed by atoms with Crippen LogP contribution in [0.15, 0.2) is 24.3 Å². The van der Waals surface area contributed by atoms with Crippen molar-refractivity contribution in [2.45, 2.75) is 45.6 Å². The third-order valence-corrected chi connectivity index (χ3v) is 6.78. The molecule has 0 bridgehead atoms. The molecule has 1 aromatic heterocycles. The minimum Gasteiger partial charge on any atom is -0.484 e. The van der Waals surface area contributed by atoms with E-state index in [1.54, 1.807) is 0 Å². The van der Waals surface area contributed by atoms with Gasteiger partial charge >= 0.3 is 0 Å². The van der Waals surface area contributed by atoms with E-state index in [4.69, 9.17) is 9.72 Å². The van der Waals surface area contributed by atoms with Gasteiger partial charge in [0.1, 0.15) is 10.8 Å². The van der Waals surface area contributed by atoms with Gasteiger partial charge in [0.15, 0.2) is 6.61 Å². The Balaban J connectivity index is 1.21. The highest BCUT2D eigenvalue weighted by atomic mass is 32.1. The summed E-state index contributed by atoms with van der Waals surface area (Å²) in [4.78, 5) is 23.1. The minimum atomic E-state index is 0.0702. The van der Waals surface area contributed by atoms with Crippen molar-refractivity contribution < 1.29 is 9.53 Å². The molecular formula is C22H29N3O2S. The van der Waals surface area contributed by atoms with E-state index < -0.39 is 0 Å². The number of piperazine rings is 1. The van der Waals surface area contributed by atoms with Gasteiger partial charge in [-0.1, -0.05) is 26.0 Å². The molecule has 0 saturated carbocycles. The SMILES string of the molecule is CC(C)c1ccc(OCC(=O)N2CCN(Cc3nc4c(s3)CCC4)CC2)cc1. The number of thiazole rings is 1. The summed E-state index contributed by atoms with van der Waals surface area (Å²) in [6.07, 6.45) is 3.61. The first-order valence-electron chi connectivity index (χ1n) is 10.3. The lowest BCUT2D eigenvalue weighted by atomic mass is 10.0. The van der Waals surface area contributed by atoms with E-state index in [9.17, 15) is 4.79 Å². The molecule has 150 valence electrons. The van der Waals surface area contributed by atoms with Gasteiger partial charge in [-0.15, -0.1) is 11.3 Å². The van der Waals surface area contributed by atoms with Gasteiger partial charge in [0.05, 0.1) is 12.2 Å². The van der Waals surface area contributed by atoms with E-state index in [2.05, 4.69) is 30.9 Å². The van der Waals surface area contributed by atoms with Gasteiger partial charge in [-0.25, -0.2) is 4.98 Å². The summed E-state index contributed by atoms with van der Waals surface area (Å²) in [6.45, 7) is 8.69. The Labute approximate surface area is 171 Å². The smallest absolute Gasteiger partial charge is 0.260 e. The Morgan fingerprint density at radius 2 is 1.89 bits per heavy atom. The van der Waals surface area contributed by atoms with Crippen LogP contribution in [0, 0.1) is 0 Å². The number of amides is 1. The van der Waals surface area contributed by atoms with Crippen molar-refractivity contribution in [1.29, 1.82) is 0 Å². The molecule has 1 aliphatic carbocycles. The number of carbonyl (C=O) groups is 1. The van der Waals surface area contributed by atoms with Crippen LogP contribution in [0.25, 0.3) is 0 Å². The first-order chi connectivity index (χ1) is 13.6. The average molecular weight is 400 g/mol. The zero-order valence-corrected chi connectivity index (χ0v) is 17.6. The molecule has 1 aromatic carbocycles. The van der Waals surface area contributed by atoms with E-state index in [1.807, 2.05) is 28.4 Å². The molecule has 1 saturated heterocycles. The highest BCUT2D eigenvalue weighted by Crippen LogP contribution is 2.28. The molecule has 2 heterocycles. The molecule has 4 rings (SSSR count). The molecule has 6 heteroatoms. The molecule has 2 aromatic rings. The molecule has 2 aliphatic rings. The van der Waals surface area contributed by atoms with E-state index in [0.717, 1.165) is 44.9 Å². The van der Waals surface area contributed by atoms with Crippen LogP contribution >= 0.6 is 11.3 Å². The number of hydrogen-bond donors (Lipinski definition) is 0. The van der Waals surface area contributed by atoms with Crippen molar-refractivity contribution >= 4 is 17.2 Å². The Morgan fingerprint density at radius 1 is 1.14 bits per heavy atom. The molecule has 0 unspecified atom stereocenters. The quantitative estimate of drug-likeness (QED) is 0.746. The van der Waals surface area contributed by atoms with E-state index >= 15 is 0 Å². The topological polar surface area (TPSA) is 45.7 Å². The number of ether oxygens (including phenoxy) is 1. The van der Waals surface area contributed by atoms with Gasteiger partial charge < -0.3 is 9.64 Å². The number of carbonyl (C=O) groups excluding carboxylic acids is 1. The summed E-state index contributed by atoms with van der Waals surface area (Å²) in [7, 11) is 0. The van der Waals surface area contributed by atoms with Gasteiger partial charge in [0.2, 0.25) is 0 Å². The number of nitrogens with zero attached hydrogens (tertiary/aromatic N) is 3. The molecule has 1 fully saturated rings. The van der Waals surface area contributed by atoms with Gasteiger partial charge in [-0.2, -0.15) is 0 Å². The van der Waals surface area contributed by atoms with Gasteiger partial charge in [-0.05, 0) is 42.9 Å². The zero-order chi connectivity index (χ0) is 19.5. The van der Waals surface area contributed by atoms with Crippen molar-refractivity contribution in [3.63, 3.8) is 0 Å². The number of fused-ring (bicyclic) bond motifs is 1. The summed E-state index contributed by atoms with van der Waals surface area (Å²) in [5, 5.41) is 1.23. The second-order valence-electron chi connectivity index (χ2n) is 8.00. The fourth-order valence-corrected chi connectivity index (χ4v) is 5.04. The third-order valence-electron chi connectivity index (χ3n) is 5.63. The molecule has 1 amide bonds. The summed E-state index contributed by atoms with van der Waals surface area (Å²) in [5.74, 6) is 1.33. The molecule has 28 heavy (non-hydrogen) atoms. The number of aromatic nitrogens is 1. The van der Waals surface area contributed by atoms with Crippen LogP contribution in [0.5, 0.6) is 5.75 Å². The van der Waals surface area contributed by atoms with Gasteiger partial charge in [0.25, 0.3) is 5.91 Å². The molecule has 1 aliphatic heterocycles. The normalized spacial score (nSPS) is 17.2. The summed E-state index contributed by atoms with van der Waals surface area (Å²) >= 11 is 1.88. The first kappa shape index (κ1) is 19.4. The molecule has 0 N–H and O–H groups in total. The highest BCUT2D eigenvalue weighted by Gasteiger charge is 2.23. The molecule has 0 atom stereocenters. The predicted octanol–water partition coefficient (Wildman–Crippen LogP) is 3.48. The van der Waals surface area contributed by atoms with Crippen LogP contribution in [-0.2, 0) is 24.2 Å². The Bertz CT molecular complexity index is 786. The highest BCUT2D eigenvalue weighted by molar-refractivity contribution is 7.11. The second-order valence-corrected chi connectivity index (χ2v) is 9.17. The number of rotatable bonds is 6. The second kappa shape index (κ2) is 8.62. The molecule has 5 nitrogen and oxygen atoms in total. The maximum atomic E-state index is 12.5. The lowest BCUT2D eigenvalue weighted by Gasteiger charge is -2.34. The zero-order valence-electron chi connectivity index (χ0n) is 16.8. The number of aryl methyl sites for hydroxylation is 2. The standard InChI is InChI=1S/C22H29N3O2S/c1-16(2)17-6-8-18(9-7-17)27-15-22(26)25-12-10-24(11-13-25)14-21-23-19-4-3-5-20(19)28-21/h6-9,16H,3-5,10-15H2,1-2H3. The first-order valence-corrected chi connectivity index (χ1v) is 11.1. The van der Waals surface area contributed by atoms with Crippen molar-refractivity contribution in [2.24, 2.45) is 0 Å². The van der Waals surface area contributed by atoms with Crippen molar-refractivity contribution in [3.05, 3.63) is 45.4 Å². The maximum Gasteiger partial charge on any atom is 0.260 e. The molecular weight excluding hydrogens is 370 g/mol. The minimum absolute atomic E-state index is 0.0702. The van der Waals surface area contributed by atoms with E-state index in [1.165, 1.54) is 34.0 Å². The molecule has 0 spiro atoms. The largest absolute Gasteiger partial charge is 0.484 e. The third kappa shape index (κ3) is 4.55. The van der Waals surface area contributed by atoms with Crippen molar-refractivity contribution in [2.75, 3.05) is 32.8 Å². The Morgan fingerprint density at radius 3 is 2.57 bits per heavy atom. The van der Waals surface area contributed by atoms with Crippen LogP contribution in [0.3, 0.4) is 0 Å². The lowest BCUT2D eigenvalue weighted by Crippen LogP contribution is -2.49. The monoisotopic (exact) mass is 399 g/mol. The fraction of sp³-hybridized carbons (Fsp3) is 0.545. The average Bonchev–Trinajstić information content (AvgIpc) is 3.28. The Hall–Kier alpha value is -1.92. The van der Waals surface area contributed by atoms with Crippen LogP contribution in [0.2, 0.25) is 0 Å². The van der Waals surface area contributed by atoms with Crippen LogP contribution < -0.4 is 4.74 Å². The van der Waals surface area contributed by atoms with Gasteiger partial charge in [-0.3, -0.25) is 9.69 Å². The van der Waals surface area contributed by atoms with E-state index in [0.29, 0.717) is 5.92 Å². The van der Waals surface area contributed by atoms with E-state index in [-0.39, 0.29) is 12.5 Å². The lowest BCUT2D eigenvalue weighted by molar-refractivity contribution is -0.135. The maximum absolute atomic E-state index is 12.5. The summed E-state index contributed by atoms with van der Waals surface area (Å²) < 4.78 is 5.70. The van der Waals surface area contributed by atoms with Crippen molar-refractivity contribution in [1.82, 2.24) is 14.8 Å². The summed E-state index contributed by atoms with van der Waals surface area (Å²) in [6, 6.07) is 8.04. The van der Waals surface area contributed by atoms with Crippen LogP contribution in [0.1, 0.15) is 47.3 Å². The fourth-order valence-electron chi connectivity index (χ4n) is 3.84. The molecule has 0 radical (unpaired) electrons. The summed E-state index contributed by atoms with van der Waals surface area (Å²) in [5.41, 5.74) is 2.60.